The molecular weight excluding hydrogens is 565 g/mol. The molecule has 11 heteroatoms. The third-order valence-corrected chi connectivity index (χ3v) is 7.29. The van der Waals surface area contributed by atoms with Crippen molar-refractivity contribution >= 4 is 17.2 Å². The van der Waals surface area contributed by atoms with E-state index in [4.69, 9.17) is 9.82 Å². The van der Waals surface area contributed by atoms with Gasteiger partial charge in [0.2, 0.25) is 0 Å². The number of nitrogens with zero attached hydrogens (tertiary/aromatic N) is 4. The number of hydrogen-bond acceptors (Lipinski definition) is 6. The number of alkyl halides is 3. The Balaban J connectivity index is 1.53. The Morgan fingerprint density at radius 3 is 2.26 bits per heavy atom. The second-order valence-corrected chi connectivity index (χ2v) is 10.8. The standard InChI is InChI=1S/C32H34F5N5O/c1-18(2)29(24-9-7-10-25(17-24)32(35,36)37)41-43-20(4)28-19(3)38-21(5)39-30(28)23-13-15-42(16-14-23)22(6)40-31-26(33)11-8-12-27(31)34/h7-12,17-18,23,40H,4,6,13-16H2,1-3,5H3/b41-29+. The van der Waals surface area contributed by atoms with Crippen LogP contribution in [0.2, 0.25) is 0 Å². The molecule has 43 heavy (non-hydrogen) atoms. The first-order valence-corrected chi connectivity index (χ1v) is 13.9. The van der Waals surface area contributed by atoms with Gasteiger partial charge in [-0.05, 0) is 56.9 Å². The van der Waals surface area contributed by atoms with E-state index in [1.807, 2.05) is 25.7 Å². The van der Waals surface area contributed by atoms with Crippen molar-refractivity contribution in [1.82, 2.24) is 14.9 Å². The average molecular weight is 600 g/mol. The lowest BCUT2D eigenvalue weighted by Crippen LogP contribution is -2.35. The van der Waals surface area contributed by atoms with Gasteiger partial charge in [0.15, 0.2) is 5.76 Å². The zero-order chi connectivity index (χ0) is 31.5. The third kappa shape index (κ3) is 7.39. The number of aromatic nitrogens is 2. The van der Waals surface area contributed by atoms with Crippen LogP contribution in [0, 0.1) is 31.4 Å². The lowest BCUT2D eigenvalue weighted by Gasteiger charge is -2.35. The van der Waals surface area contributed by atoms with Gasteiger partial charge in [0.25, 0.3) is 0 Å². The minimum Gasteiger partial charge on any atom is -0.359 e. The zero-order valence-electron chi connectivity index (χ0n) is 24.5. The summed E-state index contributed by atoms with van der Waals surface area (Å²) < 4.78 is 68.2. The Hall–Kier alpha value is -4.28. The Kier molecular flexibility index (Phi) is 9.52. The van der Waals surface area contributed by atoms with Crippen molar-refractivity contribution in [3.63, 3.8) is 0 Å². The van der Waals surface area contributed by atoms with Gasteiger partial charge in [0.05, 0.1) is 34.0 Å². The molecular formula is C32H34F5N5O. The van der Waals surface area contributed by atoms with E-state index in [1.165, 1.54) is 24.3 Å². The van der Waals surface area contributed by atoms with E-state index in [0.29, 0.717) is 60.1 Å². The largest absolute Gasteiger partial charge is 0.416 e. The Morgan fingerprint density at radius 2 is 1.65 bits per heavy atom. The van der Waals surface area contributed by atoms with Gasteiger partial charge in [0.1, 0.15) is 23.1 Å². The van der Waals surface area contributed by atoms with E-state index < -0.39 is 23.4 Å². The van der Waals surface area contributed by atoms with Gasteiger partial charge in [-0.25, -0.2) is 18.7 Å². The van der Waals surface area contributed by atoms with Gasteiger partial charge in [-0.3, -0.25) is 0 Å². The van der Waals surface area contributed by atoms with Gasteiger partial charge in [0, 0.05) is 24.6 Å². The molecule has 2 aromatic carbocycles. The summed E-state index contributed by atoms with van der Waals surface area (Å²) in [5.41, 5.74) is 1.57. The Bertz CT molecular complexity index is 1520. The quantitative estimate of drug-likeness (QED) is 0.116. The van der Waals surface area contributed by atoms with Crippen LogP contribution in [0.25, 0.3) is 5.76 Å². The first-order valence-electron chi connectivity index (χ1n) is 13.9. The second-order valence-electron chi connectivity index (χ2n) is 10.8. The average Bonchev–Trinajstić information content (AvgIpc) is 2.94. The number of rotatable bonds is 9. The van der Waals surface area contributed by atoms with Crippen molar-refractivity contribution in [1.29, 1.82) is 0 Å². The molecule has 2 heterocycles. The molecule has 0 atom stereocenters. The maximum atomic E-state index is 14.1. The van der Waals surface area contributed by atoms with Crippen LogP contribution in [-0.4, -0.2) is 33.7 Å². The fourth-order valence-electron chi connectivity index (χ4n) is 5.14. The molecule has 0 spiro atoms. The summed E-state index contributed by atoms with van der Waals surface area (Å²) >= 11 is 0. The summed E-state index contributed by atoms with van der Waals surface area (Å²) in [5, 5.41) is 6.99. The van der Waals surface area contributed by atoms with E-state index in [2.05, 4.69) is 28.6 Å². The highest BCUT2D eigenvalue weighted by Crippen LogP contribution is 2.35. The molecule has 0 saturated carbocycles. The molecule has 1 N–H and O–H groups in total. The highest BCUT2D eigenvalue weighted by molar-refractivity contribution is 6.01. The first kappa shape index (κ1) is 31.7. The van der Waals surface area contributed by atoms with E-state index in [9.17, 15) is 22.0 Å². The number of aryl methyl sites for hydroxylation is 2. The minimum absolute atomic E-state index is 0.0120. The summed E-state index contributed by atoms with van der Waals surface area (Å²) in [5.74, 6) is -0.526. The molecule has 228 valence electrons. The number of likely N-dealkylation sites (tertiary alicyclic amines) is 1. The Labute approximate surface area is 248 Å². The zero-order valence-corrected chi connectivity index (χ0v) is 24.5. The normalized spacial score (nSPS) is 14.7. The van der Waals surface area contributed by atoms with Crippen LogP contribution in [0.15, 0.2) is 66.6 Å². The third-order valence-electron chi connectivity index (χ3n) is 7.29. The molecule has 1 saturated heterocycles. The molecule has 0 amide bonds. The van der Waals surface area contributed by atoms with Crippen LogP contribution in [-0.2, 0) is 11.0 Å². The van der Waals surface area contributed by atoms with Crippen molar-refractivity contribution in [3.8, 4) is 0 Å². The maximum Gasteiger partial charge on any atom is 0.416 e. The molecule has 1 aliphatic rings. The van der Waals surface area contributed by atoms with Crippen LogP contribution < -0.4 is 5.32 Å². The first-order chi connectivity index (χ1) is 20.3. The predicted molar refractivity (Wildman–Crippen MR) is 157 cm³/mol. The monoisotopic (exact) mass is 599 g/mol. The van der Waals surface area contributed by atoms with Crippen LogP contribution in [0.1, 0.15) is 66.5 Å². The minimum atomic E-state index is -4.49. The van der Waals surface area contributed by atoms with E-state index >= 15 is 0 Å². The van der Waals surface area contributed by atoms with Crippen LogP contribution in [0.5, 0.6) is 0 Å². The van der Waals surface area contributed by atoms with Crippen LogP contribution >= 0.6 is 0 Å². The second kappa shape index (κ2) is 12.9. The number of hydrogen-bond donors (Lipinski definition) is 1. The van der Waals surface area contributed by atoms with Crippen molar-refractivity contribution < 1.29 is 26.8 Å². The number of oxime groups is 1. The molecule has 0 aliphatic carbocycles. The molecule has 6 nitrogen and oxygen atoms in total. The lowest BCUT2D eigenvalue weighted by molar-refractivity contribution is -0.137. The molecule has 3 aromatic rings. The van der Waals surface area contributed by atoms with Gasteiger partial charge in [-0.15, -0.1) is 0 Å². The van der Waals surface area contributed by atoms with Crippen molar-refractivity contribution in [2.45, 2.75) is 52.6 Å². The summed E-state index contributed by atoms with van der Waals surface area (Å²) in [6.07, 6.45) is -3.18. The van der Waals surface area contributed by atoms with Gasteiger partial charge < -0.3 is 15.1 Å². The fraction of sp³-hybridized carbons (Fsp3) is 0.344. The van der Waals surface area contributed by atoms with Crippen molar-refractivity contribution in [2.75, 3.05) is 18.4 Å². The number of piperidine rings is 1. The summed E-state index contributed by atoms with van der Waals surface area (Å²) in [6.45, 7) is 16.4. The lowest BCUT2D eigenvalue weighted by atomic mass is 9.89. The smallest absolute Gasteiger partial charge is 0.359 e. The van der Waals surface area contributed by atoms with E-state index in [-0.39, 0.29) is 23.3 Å². The molecule has 0 radical (unpaired) electrons. The van der Waals surface area contributed by atoms with Crippen molar-refractivity contribution in [3.05, 3.63) is 107 Å². The number of benzene rings is 2. The van der Waals surface area contributed by atoms with Crippen LogP contribution in [0.3, 0.4) is 0 Å². The topological polar surface area (TPSA) is 62.6 Å². The molecule has 4 rings (SSSR count). The number of anilines is 1. The number of nitrogens with one attached hydrogen (secondary N) is 1. The molecule has 1 fully saturated rings. The Morgan fingerprint density at radius 1 is 1.02 bits per heavy atom. The number of halogens is 5. The molecule has 1 aliphatic heterocycles. The van der Waals surface area contributed by atoms with Gasteiger partial charge in [-0.1, -0.05) is 50.4 Å². The highest BCUT2D eigenvalue weighted by atomic mass is 19.4. The molecule has 0 unspecified atom stereocenters. The fourth-order valence-corrected chi connectivity index (χ4v) is 5.14. The van der Waals surface area contributed by atoms with E-state index in [1.54, 1.807) is 13.0 Å². The molecule has 1 aromatic heterocycles. The summed E-state index contributed by atoms with van der Waals surface area (Å²) in [6, 6.07) is 8.60. The van der Waals surface area contributed by atoms with Gasteiger partial charge in [-0.2, -0.15) is 13.2 Å². The predicted octanol–water partition coefficient (Wildman–Crippen LogP) is 8.20. The maximum absolute atomic E-state index is 14.1. The van der Waals surface area contributed by atoms with Crippen LogP contribution in [0.4, 0.5) is 27.6 Å². The summed E-state index contributed by atoms with van der Waals surface area (Å²) in [7, 11) is 0. The summed E-state index contributed by atoms with van der Waals surface area (Å²) in [4.78, 5) is 16.9. The number of para-hydroxylation sites is 1. The van der Waals surface area contributed by atoms with Gasteiger partial charge >= 0.3 is 6.18 Å². The molecule has 0 bridgehead atoms. The highest BCUT2D eigenvalue weighted by Gasteiger charge is 2.31. The van der Waals surface area contributed by atoms with Crippen molar-refractivity contribution in [2.24, 2.45) is 11.1 Å². The van der Waals surface area contributed by atoms with E-state index in [0.717, 1.165) is 17.8 Å². The SMILES string of the molecule is C=C(O/N=C(/c1cccc(C(F)(F)F)c1)C(C)C)c1c(C)nc(C)nc1C1CCN(C(=C)Nc2c(F)cccc2F)CC1.